The molecule has 2 aromatic rings. The first-order valence-corrected chi connectivity index (χ1v) is 20.9. The van der Waals surface area contributed by atoms with Gasteiger partial charge in [0, 0.05) is 26.1 Å². The van der Waals surface area contributed by atoms with Crippen molar-refractivity contribution >= 4 is 6.09 Å². The van der Waals surface area contributed by atoms with E-state index in [4.69, 9.17) is 61.6 Å². The van der Waals surface area contributed by atoms with Crippen LogP contribution >= 0.6 is 0 Å². The van der Waals surface area contributed by atoms with Gasteiger partial charge in [0.05, 0.1) is 159 Å². The van der Waals surface area contributed by atoms with E-state index in [-0.39, 0.29) is 12.0 Å². The number of rotatable bonds is 41. The van der Waals surface area contributed by atoms with Crippen molar-refractivity contribution in [2.24, 2.45) is 0 Å². The third-order valence-corrected chi connectivity index (χ3v) is 8.81. The van der Waals surface area contributed by atoms with E-state index in [9.17, 15) is 4.79 Å². The van der Waals surface area contributed by atoms with Gasteiger partial charge in [0.25, 0.3) is 0 Å². The van der Waals surface area contributed by atoms with E-state index >= 15 is 0 Å². The number of hydrogen-bond donors (Lipinski definition) is 1. The van der Waals surface area contributed by atoms with Crippen LogP contribution in [0.1, 0.15) is 17.0 Å². The van der Waals surface area contributed by atoms with Gasteiger partial charge in [0.2, 0.25) is 0 Å². The molecule has 0 aromatic heterocycles. The van der Waals surface area contributed by atoms with Crippen LogP contribution in [0.2, 0.25) is 0 Å². The lowest BCUT2D eigenvalue weighted by molar-refractivity contribution is -0.0284. The predicted octanol–water partition coefficient (Wildman–Crippen LogP) is 3.29. The van der Waals surface area contributed by atoms with Crippen molar-refractivity contribution in [3.8, 4) is 11.1 Å². The Labute approximate surface area is 351 Å². The van der Waals surface area contributed by atoms with Crippen LogP contribution in [-0.4, -0.2) is 203 Å². The second kappa shape index (κ2) is 35.9. The van der Waals surface area contributed by atoms with Crippen LogP contribution in [0.25, 0.3) is 11.1 Å². The number of ether oxygens (including phenoxy) is 13. The molecule has 3 rings (SSSR count). The lowest BCUT2D eigenvalue weighted by atomic mass is 9.98. The smallest absolute Gasteiger partial charge is 0.409 e. The third kappa shape index (κ3) is 24.3. The molecule has 0 aliphatic heterocycles. The lowest BCUT2D eigenvalue weighted by Crippen LogP contribution is -2.32. The SMILES string of the molecule is CNCCOCCOCCOCCOCCOCCOCCOCCOCCOCCOCCOCCOCCN(C)C(=O)OCC1c2ccccc2-c2ccccc21. The van der Waals surface area contributed by atoms with Crippen LogP contribution in [0.4, 0.5) is 4.79 Å². The van der Waals surface area contributed by atoms with Crippen molar-refractivity contribution in [1.29, 1.82) is 0 Å². The standard InChI is InChI=1S/C43H70N2O14/c1-44-11-13-47-15-17-49-19-21-51-23-25-53-27-29-55-31-33-57-35-36-58-34-32-56-30-28-54-26-24-52-22-20-50-18-16-48-14-12-45(2)43(46)59-37-42-40-9-5-3-7-38(40)39-8-4-6-10-41(39)42/h3-10,42,44H,11-37H2,1-2H3. The molecule has 0 bridgehead atoms. The maximum Gasteiger partial charge on any atom is 0.409 e. The molecule has 0 atom stereocenters. The Bertz CT molecular complexity index is 1250. The molecule has 0 heterocycles. The van der Waals surface area contributed by atoms with E-state index < -0.39 is 0 Å². The summed E-state index contributed by atoms with van der Waals surface area (Å²) < 4.78 is 71.7. The molecular formula is C43H70N2O14. The number of amides is 1. The van der Waals surface area contributed by atoms with Gasteiger partial charge in [-0.15, -0.1) is 0 Å². The molecule has 0 saturated carbocycles. The van der Waals surface area contributed by atoms with Gasteiger partial charge >= 0.3 is 6.09 Å². The average Bonchev–Trinajstić information content (AvgIpc) is 3.58. The molecule has 0 fully saturated rings. The molecular weight excluding hydrogens is 768 g/mol. The Hall–Kier alpha value is -2.81. The average molecular weight is 839 g/mol. The summed E-state index contributed by atoms with van der Waals surface area (Å²) in [7, 11) is 3.61. The van der Waals surface area contributed by atoms with Gasteiger partial charge in [-0.2, -0.15) is 0 Å². The van der Waals surface area contributed by atoms with E-state index in [1.807, 2.05) is 31.3 Å². The van der Waals surface area contributed by atoms with E-state index in [0.717, 1.165) is 6.54 Å². The first-order valence-electron chi connectivity index (χ1n) is 20.9. The molecule has 0 spiro atoms. The minimum atomic E-state index is -0.365. The first-order chi connectivity index (χ1) is 29.2. The number of fused-ring (bicyclic) bond motifs is 3. The fourth-order valence-corrected chi connectivity index (χ4v) is 5.69. The molecule has 0 radical (unpaired) electrons. The molecule has 59 heavy (non-hydrogen) atoms. The number of hydrogen-bond acceptors (Lipinski definition) is 15. The highest BCUT2D eigenvalue weighted by molar-refractivity contribution is 5.79. The summed E-state index contributed by atoms with van der Waals surface area (Å²) >= 11 is 0. The number of likely N-dealkylation sites (N-methyl/N-ethyl adjacent to an activating group) is 2. The van der Waals surface area contributed by atoms with Crippen LogP contribution < -0.4 is 5.32 Å². The quantitative estimate of drug-likeness (QED) is 0.0975. The van der Waals surface area contributed by atoms with Crippen LogP contribution in [0.3, 0.4) is 0 Å². The molecule has 16 nitrogen and oxygen atoms in total. The molecule has 16 heteroatoms. The Morgan fingerprint density at radius 2 is 0.746 bits per heavy atom. The minimum Gasteiger partial charge on any atom is -0.448 e. The topological polar surface area (TPSA) is 152 Å². The van der Waals surface area contributed by atoms with E-state index in [1.165, 1.54) is 27.2 Å². The largest absolute Gasteiger partial charge is 0.448 e. The number of nitrogens with zero attached hydrogens (tertiary/aromatic N) is 1. The summed E-state index contributed by atoms with van der Waals surface area (Å²) in [5, 5.41) is 3.02. The highest BCUT2D eigenvalue weighted by Gasteiger charge is 2.29. The Balaban J connectivity index is 0.945. The zero-order chi connectivity index (χ0) is 41.7. The van der Waals surface area contributed by atoms with Crippen LogP contribution in [0.5, 0.6) is 0 Å². The maximum atomic E-state index is 12.6. The third-order valence-electron chi connectivity index (χ3n) is 8.81. The van der Waals surface area contributed by atoms with Crippen molar-refractivity contribution in [3.63, 3.8) is 0 Å². The Morgan fingerprint density at radius 3 is 1.07 bits per heavy atom. The molecule has 1 aliphatic carbocycles. The van der Waals surface area contributed by atoms with Gasteiger partial charge in [-0.1, -0.05) is 48.5 Å². The van der Waals surface area contributed by atoms with Crippen molar-refractivity contribution in [1.82, 2.24) is 10.2 Å². The van der Waals surface area contributed by atoms with Crippen molar-refractivity contribution in [2.45, 2.75) is 5.92 Å². The second-order valence-corrected chi connectivity index (χ2v) is 13.2. The predicted molar refractivity (Wildman–Crippen MR) is 221 cm³/mol. The fraction of sp³-hybridized carbons (Fsp3) is 0.698. The molecule has 0 unspecified atom stereocenters. The van der Waals surface area contributed by atoms with Crippen LogP contribution in [0, 0.1) is 0 Å². The normalized spacial score (nSPS) is 12.2. The van der Waals surface area contributed by atoms with Gasteiger partial charge in [0.15, 0.2) is 0 Å². The summed E-state index contributed by atoms with van der Waals surface area (Å²) in [4.78, 5) is 14.2. The number of nitrogens with one attached hydrogen (secondary N) is 1. The van der Waals surface area contributed by atoms with Gasteiger partial charge < -0.3 is 71.8 Å². The molecule has 1 aliphatic rings. The van der Waals surface area contributed by atoms with Crippen molar-refractivity contribution < 1.29 is 66.4 Å². The molecule has 2 aromatic carbocycles. The number of carbonyl (C=O) groups is 1. The first kappa shape index (κ1) is 50.5. The van der Waals surface area contributed by atoms with Gasteiger partial charge in [-0.25, -0.2) is 4.79 Å². The number of benzene rings is 2. The summed E-state index contributed by atoms with van der Waals surface area (Å²) in [5.74, 6) is 0.0368. The van der Waals surface area contributed by atoms with Gasteiger partial charge in [0.1, 0.15) is 6.61 Å². The van der Waals surface area contributed by atoms with Gasteiger partial charge in [-0.3, -0.25) is 0 Å². The Kier molecular flexibility index (Phi) is 30.8. The maximum absolute atomic E-state index is 12.6. The highest BCUT2D eigenvalue weighted by atomic mass is 16.6. The zero-order valence-electron chi connectivity index (χ0n) is 35.5. The van der Waals surface area contributed by atoms with Crippen LogP contribution in [0.15, 0.2) is 48.5 Å². The Morgan fingerprint density at radius 1 is 0.458 bits per heavy atom. The number of carbonyl (C=O) groups excluding carboxylic acids is 1. The van der Waals surface area contributed by atoms with E-state index in [1.54, 1.807) is 7.05 Å². The lowest BCUT2D eigenvalue weighted by Gasteiger charge is -2.19. The summed E-state index contributed by atoms with van der Waals surface area (Å²) in [6, 6.07) is 16.6. The highest BCUT2D eigenvalue weighted by Crippen LogP contribution is 2.44. The zero-order valence-corrected chi connectivity index (χ0v) is 35.5. The second-order valence-electron chi connectivity index (χ2n) is 13.2. The molecule has 336 valence electrons. The summed E-state index contributed by atoms with van der Waals surface area (Å²) in [6.45, 7) is 13.7. The van der Waals surface area contributed by atoms with E-state index in [0.29, 0.717) is 172 Å². The van der Waals surface area contributed by atoms with E-state index in [2.05, 4.69) is 29.6 Å². The summed E-state index contributed by atoms with van der Waals surface area (Å²) in [6.07, 6.45) is -0.365. The summed E-state index contributed by atoms with van der Waals surface area (Å²) in [5.41, 5.74) is 4.79. The molecule has 1 amide bonds. The molecule has 1 N–H and O–H groups in total. The molecule has 0 saturated heterocycles. The monoisotopic (exact) mass is 838 g/mol. The van der Waals surface area contributed by atoms with Crippen LogP contribution in [-0.2, 0) is 61.6 Å². The van der Waals surface area contributed by atoms with Gasteiger partial charge in [-0.05, 0) is 29.3 Å². The van der Waals surface area contributed by atoms with Crippen molar-refractivity contribution in [3.05, 3.63) is 59.7 Å². The fourth-order valence-electron chi connectivity index (χ4n) is 5.69. The van der Waals surface area contributed by atoms with Crippen molar-refractivity contribution in [2.75, 3.05) is 192 Å². The minimum absolute atomic E-state index is 0.0368.